The average Bonchev–Trinajstić information content (AvgIpc) is 2.23. The fraction of sp³-hybridized carbons (Fsp3) is 0.455. The summed E-state index contributed by atoms with van der Waals surface area (Å²) in [6.45, 7) is 4.47. The minimum Gasteiger partial charge on any atom is -0.399 e. The van der Waals surface area contributed by atoms with E-state index in [-0.39, 0.29) is 14.9 Å². The lowest BCUT2D eigenvalue weighted by Crippen LogP contribution is -2.32. The molecule has 0 aliphatic rings. The lowest BCUT2D eigenvalue weighted by molar-refractivity contribution is 0.427. The summed E-state index contributed by atoms with van der Waals surface area (Å²) in [4.78, 5) is -0.0738. The molecule has 102 valence electrons. The van der Waals surface area contributed by atoms with Crippen molar-refractivity contribution in [2.24, 2.45) is 0 Å². The Morgan fingerprint density at radius 3 is 2.11 bits per heavy atom. The van der Waals surface area contributed by atoms with Gasteiger partial charge in [0.25, 0.3) is 0 Å². The number of anilines is 1. The monoisotopic (exact) mass is 310 g/mol. The minimum atomic E-state index is -3.68. The number of halogens is 2. The van der Waals surface area contributed by atoms with E-state index in [2.05, 4.69) is 0 Å². The summed E-state index contributed by atoms with van der Waals surface area (Å²) >= 11 is 11.9. The first-order chi connectivity index (χ1) is 8.34. The van der Waals surface area contributed by atoms with Gasteiger partial charge in [0.15, 0.2) is 0 Å². The van der Waals surface area contributed by atoms with Crippen LogP contribution in [0.15, 0.2) is 17.0 Å². The summed E-state index contributed by atoms with van der Waals surface area (Å²) in [5, 5.41) is 0.101. The standard InChI is InChI=1S/C11H16Cl2N2O2S/c1-3-5-15(4-2)18(16,17)11-9(12)6-8(14)7-10(11)13/h6-7H,3-5,14H2,1-2H3. The van der Waals surface area contributed by atoms with Crippen LogP contribution in [0.4, 0.5) is 5.69 Å². The second-order valence-electron chi connectivity index (χ2n) is 3.81. The third kappa shape index (κ3) is 3.09. The predicted octanol–water partition coefficient (Wildman–Crippen LogP) is 3.00. The molecule has 0 unspecified atom stereocenters. The minimum absolute atomic E-state index is 0.0505. The maximum absolute atomic E-state index is 12.4. The second-order valence-corrected chi connectivity index (χ2v) is 6.50. The van der Waals surface area contributed by atoms with Gasteiger partial charge in [0.1, 0.15) is 4.90 Å². The zero-order chi connectivity index (χ0) is 13.9. The van der Waals surface area contributed by atoms with Crippen molar-refractivity contribution in [1.82, 2.24) is 4.31 Å². The van der Waals surface area contributed by atoms with Gasteiger partial charge in [-0.3, -0.25) is 0 Å². The van der Waals surface area contributed by atoms with E-state index in [4.69, 9.17) is 28.9 Å². The zero-order valence-corrected chi connectivity index (χ0v) is 12.6. The maximum atomic E-state index is 12.4. The lowest BCUT2D eigenvalue weighted by atomic mass is 10.3. The van der Waals surface area contributed by atoms with Crippen LogP contribution in [0.3, 0.4) is 0 Å². The smallest absolute Gasteiger partial charge is 0.246 e. The van der Waals surface area contributed by atoms with Crippen LogP contribution >= 0.6 is 23.2 Å². The van der Waals surface area contributed by atoms with Gasteiger partial charge in [-0.1, -0.05) is 37.0 Å². The van der Waals surface area contributed by atoms with E-state index in [0.29, 0.717) is 18.8 Å². The summed E-state index contributed by atoms with van der Waals surface area (Å²) in [6, 6.07) is 2.78. The largest absolute Gasteiger partial charge is 0.399 e. The van der Waals surface area contributed by atoms with Crippen LogP contribution in [0.1, 0.15) is 20.3 Å². The molecule has 0 aromatic heterocycles. The molecule has 0 radical (unpaired) electrons. The Morgan fingerprint density at radius 2 is 1.72 bits per heavy atom. The van der Waals surface area contributed by atoms with Crippen molar-refractivity contribution in [2.75, 3.05) is 18.8 Å². The van der Waals surface area contributed by atoms with Crippen molar-refractivity contribution in [1.29, 1.82) is 0 Å². The average molecular weight is 311 g/mol. The lowest BCUT2D eigenvalue weighted by Gasteiger charge is -2.21. The van der Waals surface area contributed by atoms with Crippen molar-refractivity contribution in [2.45, 2.75) is 25.2 Å². The fourth-order valence-corrected chi connectivity index (χ4v) is 4.37. The van der Waals surface area contributed by atoms with Crippen LogP contribution in [0.25, 0.3) is 0 Å². The van der Waals surface area contributed by atoms with Gasteiger partial charge in [0, 0.05) is 18.8 Å². The van der Waals surface area contributed by atoms with Crippen LogP contribution in [-0.2, 0) is 10.0 Å². The Kier molecular flexibility index (Phi) is 5.28. The van der Waals surface area contributed by atoms with Gasteiger partial charge in [-0.25, -0.2) is 8.42 Å². The van der Waals surface area contributed by atoms with E-state index in [1.165, 1.54) is 16.4 Å². The molecule has 0 spiro atoms. The molecule has 4 nitrogen and oxygen atoms in total. The van der Waals surface area contributed by atoms with Gasteiger partial charge in [-0.15, -0.1) is 0 Å². The molecular weight excluding hydrogens is 295 g/mol. The highest BCUT2D eigenvalue weighted by molar-refractivity contribution is 7.89. The molecule has 0 saturated carbocycles. The van der Waals surface area contributed by atoms with E-state index in [1.807, 2.05) is 6.92 Å². The summed E-state index contributed by atoms with van der Waals surface area (Å²) < 4.78 is 26.2. The Balaban J connectivity index is 3.36. The van der Waals surface area contributed by atoms with Gasteiger partial charge < -0.3 is 5.73 Å². The number of sulfonamides is 1. The van der Waals surface area contributed by atoms with Crippen molar-refractivity contribution in [3.63, 3.8) is 0 Å². The third-order valence-electron chi connectivity index (χ3n) is 2.44. The van der Waals surface area contributed by atoms with Crippen molar-refractivity contribution >= 4 is 38.9 Å². The van der Waals surface area contributed by atoms with E-state index in [9.17, 15) is 8.42 Å². The highest BCUT2D eigenvalue weighted by Gasteiger charge is 2.27. The van der Waals surface area contributed by atoms with E-state index in [1.54, 1.807) is 6.92 Å². The molecule has 1 aromatic carbocycles. The van der Waals surface area contributed by atoms with Gasteiger partial charge in [-0.05, 0) is 18.6 Å². The first-order valence-electron chi connectivity index (χ1n) is 5.59. The Labute approximate surface area is 118 Å². The topological polar surface area (TPSA) is 63.4 Å². The summed E-state index contributed by atoms with van der Waals surface area (Å²) in [7, 11) is -3.68. The third-order valence-corrected chi connectivity index (χ3v) is 5.34. The van der Waals surface area contributed by atoms with Crippen LogP contribution in [0.2, 0.25) is 10.0 Å². The molecule has 0 atom stereocenters. The summed E-state index contributed by atoms with van der Waals surface area (Å²) in [5.74, 6) is 0. The molecule has 0 bridgehead atoms. The summed E-state index contributed by atoms with van der Waals surface area (Å²) in [5.41, 5.74) is 5.90. The van der Waals surface area contributed by atoms with Gasteiger partial charge in [-0.2, -0.15) is 4.31 Å². The molecule has 0 fully saturated rings. The molecule has 0 amide bonds. The van der Waals surface area contributed by atoms with Crippen molar-refractivity contribution < 1.29 is 8.42 Å². The van der Waals surface area contributed by atoms with Crippen molar-refractivity contribution in [3.05, 3.63) is 22.2 Å². The number of hydrogen-bond donors (Lipinski definition) is 1. The van der Waals surface area contributed by atoms with E-state index >= 15 is 0 Å². The van der Waals surface area contributed by atoms with E-state index < -0.39 is 10.0 Å². The van der Waals surface area contributed by atoms with Gasteiger partial charge in [0.2, 0.25) is 10.0 Å². The van der Waals surface area contributed by atoms with Gasteiger partial charge >= 0.3 is 0 Å². The van der Waals surface area contributed by atoms with Crippen LogP contribution in [0, 0.1) is 0 Å². The SMILES string of the molecule is CCCN(CC)S(=O)(=O)c1c(Cl)cc(N)cc1Cl. The number of nitrogens with two attached hydrogens (primary N) is 1. The van der Waals surface area contributed by atoms with Crippen molar-refractivity contribution in [3.8, 4) is 0 Å². The van der Waals surface area contributed by atoms with Crippen LogP contribution < -0.4 is 5.73 Å². The molecule has 2 N–H and O–H groups in total. The number of nitrogens with zero attached hydrogens (tertiary/aromatic N) is 1. The number of benzene rings is 1. The highest BCUT2D eigenvalue weighted by atomic mass is 35.5. The molecule has 1 aromatic rings. The predicted molar refractivity (Wildman–Crippen MR) is 75.6 cm³/mol. The molecule has 1 rings (SSSR count). The first-order valence-corrected chi connectivity index (χ1v) is 7.78. The molecule has 0 saturated heterocycles. The highest BCUT2D eigenvalue weighted by Crippen LogP contribution is 2.33. The quantitative estimate of drug-likeness (QED) is 0.850. The summed E-state index contributed by atoms with van der Waals surface area (Å²) in [6.07, 6.45) is 0.720. The number of rotatable bonds is 5. The molecule has 0 heterocycles. The molecular formula is C11H16Cl2N2O2S. The zero-order valence-electron chi connectivity index (χ0n) is 10.3. The number of hydrogen-bond acceptors (Lipinski definition) is 3. The van der Waals surface area contributed by atoms with Gasteiger partial charge in [0.05, 0.1) is 10.0 Å². The Hall–Kier alpha value is -0.490. The molecule has 0 aliphatic carbocycles. The fourth-order valence-electron chi connectivity index (χ4n) is 1.65. The first kappa shape index (κ1) is 15.6. The molecule has 18 heavy (non-hydrogen) atoms. The number of nitrogen functional groups attached to an aromatic ring is 1. The normalized spacial score (nSPS) is 12.1. The van der Waals surface area contributed by atoms with E-state index in [0.717, 1.165) is 6.42 Å². The Morgan fingerprint density at radius 1 is 1.22 bits per heavy atom. The molecule has 0 aliphatic heterocycles. The van der Waals surface area contributed by atoms with Crippen LogP contribution in [-0.4, -0.2) is 25.8 Å². The Bertz CT molecular complexity index is 509. The van der Waals surface area contributed by atoms with Crippen LogP contribution in [0.5, 0.6) is 0 Å². The second kappa shape index (κ2) is 6.10. The maximum Gasteiger partial charge on any atom is 0.246 e. The molecule has 7 heteroatoms.